The van der Waals surface area contributed by atoms with Crippen LogP contribution in [0.1, 0.15) is 51.6 Å². The van der Waals surface area contributed by atoms with Crippen LogP contribution in [-0.4, -0.2) is 53.4 Å². The molecule has 2 aliphatic rings. The first-order valence-corrected chi connectivity index (χ1v) is 8.38. The number of rotatable bonds is 4. The zero-order chi connectivity index (χ0) is 18.1. The predicted octanol–water partition coefficient (Wildman–Crippen LogP) is 0.712. The zero-order valence-electron chi connectivity index (χ0n) is 14.4. The van der Waals surface area contributed by atoms with Crippen molar-refractivity contribution in [2.24, 2.45) is 0 Å². The van der Waals surface area contributed by atoms with Crippen molar-refractivity contribution in [3.05, 3.63) is 34.4 Å². The molecule has 132 valence electrons. The van der Waals surface area contributed by atoms with E-state index in [9.17, 15) is 19.2 Å². The van der Waals surface area contributed by atoms with Gasteiger partial charge in [-0.05, 0) is 36.2 Å². The van der Waals surface area contributed by atoms with Gasteiger partial charge in [0, 0.05) is 32.1 Å². The second-order valence-electron chi connectivity index (χ2n) is 6.51. The molecule has 1 fully saturated rings. The number of likely N-dealkylation sites (N-methyl/N-ethyl adjacent to an activating group) is 1. The van der Waals surface area contributed by atoms with Gasteiger partial charge in [0.05, 0.1) is 5.56 Å². The third kappa shape index (κ3) is 3.19. The van der Waals surface area contributed by atoms with Crippen molar-refractivity contribution < 1.29 is 19.2 Å². The number of nitrogens with zero attached hydrogens (tertiary/aromatic N) is 2. The highest BCUT2D eigenvalue weighted by molar-refractivity contribution is 6.06. The number of carbonyl (C=O) groups excluding carboxylic acids is 4. The Bertz CT molecular complexity index is 759. The van der Waals surface area contributed by atoms with Crippen molar-refractivity contribution in [2.75, 3.05) is 13.6 Å². The fourth-order valence-corrected chi connectivity index (χ4v) is 3.43. The Morgan fingerprint density at radius 3 is 2.60 bits per heavy atom. The molecule has 1 saturated heterocycles. The molecular weight excluding hydrogens is 322 g/mol. The Labute approximate surface area is 146 Å². The van der Waals surface area contributed by atoms with Crippen molar-refractivity contribution in [3.63, 3.8) is 0 Å². The molecule has 0 saturated carbocycles. The molecule has 0 spiro atoms. The average molecular weight is 343 g/mol. The number of hydrogen-bond donors (Lipinski definition) is 1. The van der Waals surface area contributed by atoms with Crippen molar-refractivity contribution >= 4 is 24.0 Å². The molecule has 2 heterocycles. The summed E-state index contributed by atoms with van der Waals surface area (Å²) in [4.78, 5) is 51.2. The summed E-state index contributed by atoms with van der Waals surface area (Å²) in [7, 11) is 1.53. The van der Waals surface area contributed by atoms with Crippen molar-refractivity contribution in [2.45, 2.75) is 38.9 Å². The van der Waals surface area contributed by atoms with Crippen LogP contribution in [0.2, 0.25) is 0 Å². The van der Waals surface area contributed by atoms with Gasteiger partial charge in [-0.2, -0.15) is 0 Å². The van der Waals surface area contributed by atoms with E-state index < -0.39 is 11.9 Å². The quantitative estimate of drug-likeness (QED) is 0.643. The lowest BCUT2D eigenvalue weighted by Gasteiger charge is -2.30. The highest BCUT2D eigenvalue weighted by Gasteiger charge is 2.33. The van der Waals surface area contributed by atoms with E-state index in [1.54, 1.807) is 12.1 Å². The molecule has 1 aromatic rings. The minimum Gasteiger partial charge on any atom is -0.330 e. The number of aldehydes is 1. The lowest BCUT2D eigenvalue weighted by molar-refractivity contribution is -0.136. The molecule has 3 rings (SSSR count). The molecule has 0 aromatic heterocycles. The van der Waals surface area contributed by atoms with Gasteiger partial charge >= 0.3 is 0 Å². The lowest BCUT2D eigenvalue weighted by Crippen LogP contribution is -2.53. The molecule has 0 aliphatic carbocycles. The summed E-state index contributed by atoms with van der Waals surface area (Å²) in [6.07, 6.45) is 1.17. The van der Waals surface area contributed by atoms with Crippen LogP contribution in [0.4, 0.5) is 0 Å². The topological polar surface area (TPSA) is 86.8 Å². The van der Waals surface area contributed by atoms with E-state index in [0.29, 0.717) is 17.4 Å². The van der Waals surface area contributed by atoms with Gasteiger partial charge in [0.25, 0.3) is 5.91 Å². The Hall–Kier alpha value is -2.54. The van der Waals surface area contributed by atoms with Gasteiger partial charge in [-0.1, -0.05) is 6.92 Å². The third-order valence-corrected chi connectivity index (χ3v) is 4.96. The summed E-state index contributed by atoms with van der Waals surface area (Å²) < 4.78 is 0. The van der Waals surface area contributed by atoms with Gasteiger partial charge in [0.1, 0.15) is 6.04 Å². The van der Waals surface area contributed by atoms with Gasteiger partial charge in [-0.15, -0.1) is 0 Å². The number of hydrogen-bond acceptors (Lipinski definition) is 5. The fraction of sp³-hybridized carbons (Fsp3) is 0.444. The van der Waals surface area contributed by atoms with Crippen LogP contribution < -0.4 is 5.32 Å². The Morgan fingerprint density at radius 1 is 1.32 bits per heavy atom. The molecule has 0 radical (unpaired) electrons. The fourth-order valence-electron chi connectivity index (χ4n) is 3.43. The number of piperidine rings is 1. The zero-order valence-corrected chi connectivity index (χ0v) is 14.4. The monoisotopic (exact) mass is 343 g/mol. The van der Waals surface area contributed by atoms with Crippen LogP contribution in [0.5, 0.6) is 0 Å². The lowest BCUT2D eigenvalue weighted by atomic mass is 9.98. The highest BCUT2D eigenvalue weighted by Crippen LogP contribution is 2.27. The van der Waals surface area contributed by atoms with Crippen LogP contribution in [0.3, 0.4) is 0 Å². The van der Waals surface area contributed by atoms with E-state index >= 15 is 0 Å². The molecule has 7 nitrogen and oxygen atoms in total. The van der Waals surface area contributed by atoms with Gasteiger partial charge in [0.2, 0.25) is 11.8 Å². The van der Waals surface area contributed by atoms with E-state index in [1.807, 2.05) is 0 Å². The van der Waals surface area contributed by atoms with Crippen molar-refractivity contribution in [3.8, 4) is 0 Å². The maximum Gasteiger partial charge on any atom is 0.255 e. The Kier molecular flexibility index (Phi) is 4.67. The minimum atomic E-state index is -0.704. The summed E-state index contributed by atoms with van der Waals surface area (Å²) in [6.45, 7) is 4.47. The number of carbonyl (C=O) groups is 4. The SMILES string of the molecule is CCN1Cc2cc(C=O)c(C(=O)N(C)C3CCC(=O)NC3=O)cc2C1. The maximum absolute atomic E-state index is 12.9. The molecular formula is C18H21N3O4. The number of nitrogens with one attached hydrogen (secondary N) is 1. The number of imide groups is 1. The number of amides is 3. The maximum atomic E-state index is 12.9. The summed E-state index contributed by atoms with van der Waals surface area (Å²) in [6, 6.07) is 2.83. The third-order valence-electron chi connectivity index (χ3n) is 4.96. The summed E-state index contributed by atoms with van der Waals surface area (Å²) >= 11 is 0. The molecule has 1 N–H and O–H groups in total. The van der Waals surface area contributed by atoms with E-state index in [-0.39, 0.29) is 24.7 Å². The molecule has 7 heteroatoms. The first-order valence-electron chi connectivity index (χ1n) is 8.38. The highest BCUT2D eigenvalue weighted by atomic mass is 16.2. The Balaban J connectivity index is 1.88. The summed E-state index contributed by atoms with van der Waals surface area (Å²) in [5.41, 5.74) is 2.73. The van der Waals surface area contributed by atoms with Crippen LogP contribution in [0.25, 0.3) is 0 Å². The van der Waals surface area contributed by atoms with Crippen LogP contribution in [0, 0.1) is 0 Å². The van der Waals surface area contributed by atoms with Crippen LogP contribution in [-0.2, 0) is 22.7 Å². The van der Waals surface area contributed by atoms with E-state index in [0.717, 1.165) is 30.8 Å². The van der Waals surface area contributed by atoms with Crippen molar-refractivity contribution in [1.29, 1.82) is 0 Å². The Morgan fingerprint density at radius 2 is 2.00 bits per heavy atom. The smallest absolute Gasteiger partial charge is 0.255 e. The van der Waals surface area contributed by atoms with Gasteiger partial charge < -0.3 is 4.90 Å². The second-order valence-corrected chi connectivity index (χ2v) is 6.51. The molecule has 1 unspecified atom stereocenters. The van der Waals surface area contributed by atoms with E-state index in [2.05, 4.69) is 17.1 Å². The van der Waals surface area contributed by atoms with E-state index in [1.165, 1.54) is 11.9 Å². The normalized spacial score (nSPS) is 20.2. The van der Waals surface area contributed by atoms with Gasteiger partial charge in [0.15, 0.2) is 6.29 Å². The first-order chi connectivity index (χ1) is 11.9. The molecule has 25 heavy (non-hydrogen) atoms. The standard InChI is InChI=1S/C18H21N3O4/c1-3-21-8-11-6-13(10-22)14(7-12(11)9-21)18(25)20(2)15-4-5-16(23)19-17(15)24/h6-7,10,15H,3-5,8-9H2,1-2H3,(H,19,23,24). The predicted molar refractivity (Wildman–Crippen MR) is 89.9 cm³/mol. The second kappa shape index (κ2) is 6.76. The summed E-state index contributed by atoms with van der Waals surface area (Å²) in [5, 5.41) is 2.25. The number of fused-ring (bicyclic) bond motifs is 1. The van der Waals surface area contributed by atoms with Crippen molar-refractivity contribution in [1.82, 2.24) is 15.1 Å². The largest absolute Gasteiger partial charge is 0.330 e. The number of benzene rings is 1. The molecule has 3 amide bonds. The molecule has 2 aliphatic heterocycles. The summed E-state index contributed by atoms with van der Waals surface area (Å²) in [5.74, 6) is -1.18. The molecule has 0 bridgehead atoms. The molecule has 1 aromatic carbocycles. The van der Waals surface area contributed by atoms with E-state index in [4.69, 9.17) is 0 Å². The van der Waals surface area contributed by atoms with Crippen LogP contribution >= 0.6 is 0 Å². The first kappa shape index (κ1) is 17.3. The van der Waals surface area contributed by atoms with Gasteiger partial charge in [-0.3, -0.25) is 29.4 Å². The van der Waals surface area contributed by atoms with Crippen LogP contribution in [0.15, 0.2) is 12.1 Å². The minimum absolute atomic E-state index is 0.199. The average Bonchev–Trinajstić information content (AvgIpc) is 3.01. The molecule has 1 atom stereocenters. The van der Waals surface area contributed by atoms with Gasteiger partial charge in [-0.25, -0.2) is 0 Å².